The highest BCUT2D eigenvalue weighted by atomic mass is 16.5. The Morgan fingerprint density at radius 2 is 2.06 bits per heavy atom. The van der Waals surface area contributed by atoms with Crippen LogP contribution in [0.3, 0.4) is 0 Å². The lowest BCUT2D eigenvalue weighted by Crippen LogP contribution is -2.47. The Bertz CT molecular complexity index is 327. The van der Waals surface area contributed by atoms with Crippen LogP contribution in [0.25, 0.3) is 0 Å². The van der Waals surface area contributed by atoms with Crippen molar-refractivity contribution in [1.29, 1.82) is 0 Å². The van der Waals surface area contributed by atoms with Crippen molar-refractivity contribution < 1.29 is 24.2 Å². The largest absolute Gasteiger partial charge is 0.480 e. The average molecular weight is 258 g/mol. The fourth-order valence-electron chi connectivity index (χ4n) is 1.51. The van der Waals surface area contributed by atoms with E-state index in [4.69, 9.17) is 5.11 Å². The first kappa shape index (κ1) is 14.3. The highest BCUT2D eigenvalue weighted by Gasteiger charge is 2.37. The number of carboxylic acid groups (broad SMARTS) is 1. The van der Waals surface area contributed by atoms with E-state index in [1.54, 1.807) is 6.92 Å². The average Bonchev–Trinajstić information content (AvgIpc) is 3.09. The van der Waals surface area contributed by atoms with Crippen LogP contribution < -0.4 is 10.6 Å². The molecule has 1 fully saturated rings. The first-order valence-electron chi connectivity index (χ1n) is 5.97. The zero-order valence-electron chi connectivity index (χ0n) is 10.3. The Morgan fingerprint density at radius 3 is 2.56 bits per heavy atom. The van der Waals surface area contributed by atoms with Gasteiger partial charge in [-0.15, -0.1) is 0 Å². The number of carbonyl (C=O) groups excluding carboxylic acids is 2. The minimum absolute atomic E-state index is 0.0262. The first-order valence-corrected chi connectivity index (χ1v) is 5.97. The molecule has 0 aromatic rings. The quantitative estimate of drug-likeness (QED) is 0.562. The van der Waals surface area contributed by atoms with Crippen molar-refractivity contribution in [2.24, 2.45) is 5.92 Å². The molecule has 1 rings (SSSR count). The number of amides is 2. The smallest absolute Gasteiger partial charge is 0.326 e. The molecule has 0 aliphatic heterocycles. The van der Waals surface area contributed by atoms with Crippen molar-refractivity contribution in [3.8, 4) is 0 Å². The minimum atomic E-state index is -1.03. The van der Waals surface area contributed by atoms with Gasteiger partial charge in [-0.2, -0.15) is 0 Å². The molecule has 1 unspecified atom stereocenters. The van der Waals surface area contributed by atoms with Gasteiger partial charge in [0.2, 0.25) is 0 Å². The maximum absolute atomic E-state index is 11.4. The SMILES string of the molecule is CCOC(=O)CCNC(=O)NC(C(=O)O)C1CC1. The molecule has 7 nitrogen and oxygen atoms in total. The Labute approximate surface area is 105 Å². The molecular formula is C11H18N2O5. The monoisotopic (exact) mass is 258 g/mol. The van der Waals surface area contributed by atoms with Crippen molar-refractivity contribution in [2.45, 2.75) is 32.2 Å². The Hall–Kier alpha value is -1.79. The lowest BCUT2D eigenvalue weighted by molar-refractivity contribution is -0.143. The molecule has 1 aliphatic carbocycles. The molecule has 1 aliphatic rings. The molecule has 0 aromatic heterocycles. The zero-order chi connectivity index (χ0) is 13.5. The molecule has 18 heavy (non-hydrogen) atoms. The van der Waals surface area contributed by atoms with Crippen LogP contribution in [0.4, 0.5) is 4.79 Å². The Kier molecular flexibility index (Phi) is 5.41. The van der Waals surface area contributed by atoms with E-state index in [1.165, 1.54) is 0 Å². The van der Waals surface area contributed by atoms with Crippen LogP contribution in [0, 0.1) is 5.92 Å². The second-order valence-corrected chi connectivity index (χ2v) is 4.11. The van der Waals surface area contributed by atoms with Crippen LogP contribution in [0.2, 0.25) is 0 Å². The van der Waals surface area contributed by atoms with Gasteiger partial charge in [-0.1, -0.05) is 0 Å². The van der Waals surface area contributed by atoms with Gasteiger partial charge in [0, 0.05) is 6.54 Å². The second-order valence-electron chi connectivity index (χ2n) is 4.11. The fourth-order valence-corrected chi connectivity index (χ4v) is 1.51. The number of aliphatic carboxylic acids is 1. The predicted molar refractivity (Wildman–Crippen MR) is 61.9 cm³/mol. The van der Waals surface area contributed by atoms with Gasteiger partial charge in [0.15, 0.2) is 0 Å². The molecule has 0 bridgehead atoms. The minimum Gasteiger partial charge on any atom is -0.480 e. The summed E-state index contributed by atoms with van der Waals surface area (Å²) in [5, 5.41) is 13.7. The summed E-state index contributed by atoms with van der Waals surface area (Å²) in [6, 6.07) is -1.41. The van der Waals surface area contributed by atoms with Gasteiger partial charge in [0.05, 0.1) is 13.0 Å². The summed E-state index contributed by atoms with van der Waals surface area (Å²) in [6.07, 6.45) is 1.71. The molecule has 1 atom stereocenters. The third kappa shape index (κ3) is 5.03. The maximum atomic E-state index is 11.4. The molecule has 2 amide bonds. The van der Waals surface area contributed by atoms with Gasteiger partial charge in [-0.3, -0.25) is 4.79 Å². The van der Waals surface area contributed by atoms with Gasteiger partial charge >= 0.3 is 18.0 Å². The van der Waals surface area contributed by atoms with Gasteiger partial charge in [0.1, 0.15) is 6.04 Å². The molecule has 3 N–H and O–H groups in total. The lowest BCUT2D eigenvalue weighted by Gasteiger charge is -2.14. The standard InChI is InChI=1S/C11H18N2O5/c1-2-18-8(14)5-6-12-11(17)13-9(10(15)16)7-3-4-7/h7,9H,2-6H2,1H3,(H,15,16)(H2,12,13,17). The van der Waals surface area contributed by atoms with E-state index in [-0.39, 0.29) is 18.9 Å². The molecule has 0 aromatic carbocycles. The zero-order valence-corrected chi connectivity index (χ0v) is 10.3. The number of carboxylic acids is 1. The van der Waals surface area contributed by atoms with E-state index < -0.39 is 24.0 Å². The van der Waals surface area contributed by atoms with Gasteiger partial charge < -0.3 is 20.5 Å². The lowest BCUT2D eigenvalue weighted by atomic mass is 10.2. The summed E-state index contributed by atoms with van der Waals surface area (Å²) in [4.78, 5) is 33.2. The number of urea groups is 1. The van der Waals surface area contributed by atoms with E-state index in [0.29, 0.717) is 6.61 Å². The van der Waals surface area contributed by atoms with Gasteiger partial charge in [0.25, 0.3) is 0 Å². The van der Waals surface area contributed by atoms with Gasteiger partial charge in [-0.05, 0) is 25.7 Å². The van der Waals surface area contributed by atoms with Crippen LogP contribution in [0.15, 0.2) is 0 Å². The van der Waals surface area contributed by atoms with E-state index in [1.807, 2.05) is 0 Å². The third-order valence-corrected chi connectivity index (χ3v) is 2.57. The van der Waals surface area contributed by atoms with Crippen molar-refractivity contribution in [3.05, 3.63) is 0 Å². The van der Waals surface area contributed by atoms with Gasteiger partial charge in [-0.25, -0.2) is 9.59 Å². The topological polar surface area (TPSA) is 105 Å². The predicted octanol–water partition coefficient (Wildman–Crippen LogP) is 0.102. The normalized spacial score (nSPS) is 15.6. The summed E-state index contributed by atoms with van der Waals surface area (Å²) in [7, 11) is 0. The molecule has 7 heteroatoms. The third-order valence-electron chi connectivity index (χ3n) is 2.57. The summed E-state index contributed by atoms with van der Waals surface area (Å²) in [5.74, 6) is -1.40. The van der Waals surface area contributed by atoms with Crippen LogP contribution >= 0.6 is 0 Å². The fraction of sp³-hybridized carbons (Fsp3) is 0.727. The molecule has 102 valence electrons. The van der Waals surface area contributed by atoms with E-state index in [9.17, 15) is 14.4 Å². The molecular weight excluding hydrogens is 240 g/mol. The van der Waals surface area contributed by atoms with Crippen molar-refractivity contribution >= 4 is 18.0 Å². The highest BCUT2D eigenvalue weighted by molar-refractivity contribution is 5.83. The summed E-state index contributed by atoms with van der Waals surface area (Å²) in [6.45, 7) is 2.13. The molecule has 0 saturated heterocycles. The second kappa shape index (κ2) is 6.83. The number of ether oxygens (including phenoxy) is 1. The highest BCUT2D eigenvalue weighted by Crippen LogP contribution is 2.32. The molecule has 0 heterocycles. The van der Waals surface area contributed by atoms with Crippen LogP contribution in [0.1, 0.15) is 26.2 Å². The van der Waals surface area contributed by atoms with E-state index in [0.717, 1.165) is 12.8 Å². The summed E-state index contributed by atoms with van der Waals surface area (Å²) < 4.78 is 4.69. The van der Waals surface area contributed by atoms with Crippen LogP contribution in [-0.4, -0.2) is 42.3 Å². The van der Waals surface area contributed by atoms with E-state index in [2.05, 4.69) is 15.4 Å². The number of hydrogen-bond donors (Lipinski definition) is 3. The number of esters is 1. The maximum Gasteiger partial charge on any atom is 0.326 e. The summed E-state index contributed by atoms with van der Waals surface area (Å²) in [5.41, 5.74) is 0. The molecule has 0 spiro atoms. The van der Waals surface area contributed by atoms with Crippen LogP contribution in [0.5, 0.6) is 0 Å². The number of carbonyl (C=O) groups is 3. The van der Waals surface area contributed by atoms with Crippen molar-refractivity contribution in [1.82, 2.24) is 10.6 Å². The Morgan fingerprint density at radius 1 is 1.39 bits per heavy atom. The number of nitrogens with one attached hydrogen (secondary N) is 2. The number of hydrogen-bond acceptors (Lipinski definition) is 4. The molecule has 0 radical (unpaired) electrons. The van der Waals surface area contributed by atoms with Crippen molar-refractivity contribution in [3.63, 3.8) is 0 Å². The van der Waals surface area contributed by atoms with E-state index >= 15 is 0 Å². The Balaban J connectivity index is 2.20. The van der Waals surface area contributed by atoms with Crippen LogP contribution in [-0.2, 0) is 14.3 Å². The summed E-state index contributed by atoms with van der Waals surface area (Å²) >= 11 is 0. The first-order chi connectivity index (χ1) is 8.54. The van der Waals surface area contributed by atoms with Crippen molar-refractivity contribution in [2.75, 3.05) is 13.2 Å². The number of rotatable bonds is 7. The molecule has 1 saturated carbocycles.